The van der Waals surface area contributed by atoms with E-state index in [1.807, 2.05) is 0 Å². The number of aliphatic hydroxyl groups is 5. The van der Waals surface area contributed by atoms with E-state index >= 15 is 0 Å². The number of rotatable bonds is 10. The van der Waals surface area contributed by atoms with Gasteiger partial charge in [-0.1, -0.05) is 52.7 Å². The van der Waals surface area contributed by atoms with Crippen LogP contribution in [-0.4, -0.2) is 75.6 Å². The summed E-state index contributed by atoms with van der Waals surface area (Å²) in [5.41, 5.74) is 2.09. The van der Waals surface area contributed by atoms with Crippen molar-refractivity contribution in [2.24, 2.45) is 52.3 Å². The van der Waals surface area contributed by atoms with Crippen LogP contribution in [0.15, 0.2) is 11.6 Å². The lowest BCUT2D eigenvalue weighted by molar-refractivity contribution is -0.313. The molecule has 7 nitrogen and oxygen atoms in total. The van der Waals surface area contributed by atoms with Crippen molar-refractivity contribution >= 4 is 0 Å². The average Bonchev–Trinajstić information content (AvgIpc) is 3.32. The molecule has 4 aliphatic carbocycles. The topological polar surface area (TPSA) is 120 Å². The minimum absolute atomic E-state index is 0.117. The van der Waals surface area contributed by atoms with Crippen molar-refractivity contribution in [3.05, 3.63) is 11.6 Å². The van der Waals surface area contributed by atoms with Gasteiger partial charge in [0.15, 0.2) is 6.29 Å². The monoisotopic (exact) mass is 592 g/mol. The standard InChI is InChI=1S/C35H60O7/c1-20(2)22(14-17-36)7-6-21(3)26-10-11-27-25-9-8-23-18-24(12-15-34(23,4)28(25)13-16-35(26,27)5)41-33-32(40)31(39)30(38)29(19-37)42-33/h8,20-22,24-33,36-40H,6-7,9-19H2,1-5H3. The molecule has 1 aliphatic heterocycles. The average molecular weight is 593 g/mol. The van der Waals surface area contributed by atoms with Gasteiger partial charge in [-0.15, -0.1) is 0 Å². The Kier molecular flexibility index (Phi) is 10.2. The van der Waals surface area contributed by atoms with Crippen molar-refractivity contribution in [1.82, 2.24) is 0 Å². The van der Waals surface area contributed by atoms with Gasteiger partial charge in [-0.3, -0.25) is 0 Å². The zero-order valence-corrected chi connectivity index (χ0v) is 26.8. The molecule has 0 amide bonds. The van der Waals surface area contributed by atoms with E-state index in [-0.39, 0.29) is 11.5 Å². The van der Waals surface area contributed by atoms with Crippen LogP contribution >= 0.6 is 0 Å². The molecule has 14 unspecified atom stereocenters. The van der Waals surface area contributed by atoms with E-state index in [9.17, 15) is 25.5 Å². The van der Waals surface area contributed by atoms with Crippen molar-refractivity contribution < 1.29 is 35.0 Å². The van der Waals surface area contributed by atoms with Crippen LogP contribution in [0.1, 0.15) is 105 Å². The van der Waals surface area contributed by atoms with E-state index < -0.39 is 37.3 Å². The van der Waals surface area contributed by atoms with Crippen LogP contribution in [-0.2, 0) is 9.47 Å². The maximum Gasteiger partial charge on any atom is 0.186 e. The Morgan fingerprint density at radius 3 is 2.36 bits per heavy atom. The second-order valence-electron chi connectivity index (χ2n) is 15.8. The van der Waals surface area contributed by atoms with Gasteiger partial charge < -0.3 is 35.0 Å². The lowest BCUT2D eigenvalue weighted by Crippen LogP contribution is -2.60. The fourth-order valence-corrected chi connectivity index (χ4v) is 10.7. The Bertz CT molecular complexity index is 936. The number of hydrogen-bond donors (Lipinski definition) is 5. The fraction of sp³-hybridized carbons (Fsp3) is 0.943. The molecule has 0 radical (unpaired) electrons. The van der Waals surface area contributed by atoms with Crippen molar-refractivity contribution in [2.45, 2.75) is 142 Å². The Labute approximate surface area is 254 Å². The highest BCUT2D eigenvalue weighted by Crippen LogP contribution is 2.67. The van der Waals surface area contributed by atoms with Gasteiger partial charge in [0.05, 0.1) is 12.7 Å². The summed E-state index contributed by atoms with van der Waals surface area (Å²) in [6.45, 7) is 12.1. The summed E-state index contributed by atoms with van der Waals surface area (Å²) in [5, 5.41) is 50.0. The van der Waals surface area contributed by atoms with E-state index in [2.05, 4.69) is 40.7 Å². The van der Waals surface area contributed by atoms with Crippen LogP contribution in [0.25, 0.3) is 0 Å². The molecule has 0 aromatic carbocycles. The van der Waals surface area contributed by atoms with Crippen LogP contribution < -0.4 is 0 Å². The van der Waals surface area contributed by atoms with Gasteiger partial charge in [0, 0.05) is 6.61 Å². The zero-order valence-electron chi connectivity index (χ0n) is 26.8. The van der Waals surface area contributed by atoms with Gasteiger partial charge in [-0.05, 0) is 116 Å². The van der Waals surface area contributed by atoms with Crippen LogP contribution in [0, 0.1) is 52.3 Å². The number of fused-ring (bicyclic) bond motifs is 5. The van der Waals surface area contributed by atoms with E-state index in [0.29, 0.717) is 29.8 Å². The van der Waals surface area contributed by atoms with Crippen molar-refractivity contribution in [3.8, 4) is 0 Å². The Hall–Kier alpha value is -0.540. The van der Waals surface area contributed by atoms with Gasteiger partial charge in [0.2, 0.25) is 0 Å². The molecule has 1 heterocycles. The summed E-state index contributed by atoms with van der Waals surface area (Å²) in [6.07, 6.45) is 8.96. The molecule has 3 saturated carbocycles. The Balaban J connectivity index is 1.23. The lowest BCUT2D eigenvalue weighted by Gasteiger charge is -2.58. The lowest BCUT2D eigenvalue weighted by atomic mass is 9.47. The highest BCUT2D eigenvalue weighted by Gasteiger charge is 2.59. The summed E-state index contributed by atoms with van der Waals surface area (Å²) in [5.74, 6) is 5.03. The SMILES string of the molecule is CC(C)C(CCO)CCC(C)C1CCC2C3CC=C4CC(OC5OC(CO)C(O)C(O)C5O)CCC4(C)C3CCC12C. The molecule has 7 heteroatoms. The van der Waals surface area contributed by atoms with Gasteiger partial charge in [-0.2, -0.15) is 0 Å². The van der Waals surface area contributed by atoms with Crippen molar-refractivity contribution in [2.75, 3.05) is 13.2 Å². The predicted molar refractivity (Wildman–Crippen MR) is 162 cm³/mol. The first-order valence-electron chi connectivity index (χ1n) is 17.2. The number of hydrogen-bond acceptors (Lipinski definition) is 7. The van der Waals surface area contributed by atoms with Crippen LogP contribution in [0.3, 0.4) is 0 Å². The Morgan fingerprint density at radius 2 is 1.67 bits per heavy atom. The number of allylic oxidation sites excluding steroid dienone is 1. The van der Waals surface area contributed by atoms with E-state index in [1.165, 1.54) is 44.1 Å². The van der Waals surface area contributed by atoms with E-state index in [0.717, 1.165) is 55.8 Å². The van der Waals surface area contributed by atoms with Crippen LogP contribution in [0.4, 0.5) is 0 Å². The maximum absolute atomic E-state index is 10.5. The second kappa shape index (κ2) is 13.1. The normalized spacial score (nSPS) is 46.9. The predicted octanol–water partition coefficient (Wildman–Crippen LogP) is 4.82. The number of aliphatic hydroxyl groups excluding tert-OH is 5. The van der Waals surface area contributed by atoms with Gasteiger partial charge >= 0.3 is 0 Å². The van der Waals surface area contributed by atoms with E-state index in [4.69, 9.17) is 9.47 Å². The molecule has 42 heavy (non-hydrogen) atoms. The smallest absolute Gasteiger partial charge is 0.186 e. The van der Waals surface area contributed by atoms with Crippen LogP contribution in [0.2, 0.25) is 0 Å². The molecule has 5 aliphatic rings. The first kappa shape index (κ1) is 32.8. The Morgan fingerprint density at radius 1 is 0.905 bits per heavy atom. The highest BCUT2D eigenvalue weighted by molar-refractivity contribution is 5.25. The molecule has 5 rings (SSSR count). The highest BCUT2D eigenvalue weighted by atomic mass is 16.7. The molecule has 5 N–H and O–H groups in total. The minimum atomic E-state index is -1.41. The van der Waals surface area contributed by atoms with Crippen LogP contribution in [0.5, 0.6) is 0 Å². The summed E-state index contributed by atoms with van der Waals surface area (Å²) >= 11 is 0. The quantitative estimate of drug-likeness (QED) is 0.231. The van der Waals surface area contributed by atoms with Crippen molar-refractivity contribution in [1.29, 1.82) is 0 Å². The molecule has 0 bridgehead atoms. The fourth-order valence-electron chi connectivity index (χ4n) is 10.7. The summed E-state index contributed by atoms with van der Waals surface area (Å²) in [4.78, 5) is 0. The first-order chi connectivity index (χ1) is 19.9. The second-order valence-corrected chi connectivity index (χ2v) is 15.8. The third-order valence-electron chi connectivity index (χ3n) is 13.4. The molecular formula is C35H60O7. The summed E-state index contributed by atoms with van der Waals surface area (Å²) in [6, 6.07) is 0. The minimum Gasteiger partial charge on any atom is -0.396 e. The molecule has 4 fully saturated rings. The summed E-state index contributed by atoms with van der Waals surface area (Å²) in [7, 11) is 0. The summed E-state index contributed by atoms with van der Waals surface area (Å²) < 4.78 is 11.9. The molecule has 0 aromatic rings. The number of ether oxygens (including phenoxy) is 2. The molecule has 14 atom stereocenters. The molecule has 1 saturated heterocycles. The zero-order chi connectivity index (χ0) is 30.4. The molecule has 0 aromatic heterocycles. The maximum atomic E-state index is 10.5. The molecule has 242 valence electrons. The van der Waals surface area contributed by atoms with E-state index in [1.54, 1.807) is 0 Å². The third-order valence-corrected chi connectivity index (χ3v) is 13.4. The molecular weight excluding hydrogens is 532 g/mol. The van der Waals surface area contributed by atoms with Gasteiger partial charge in [0.25, 0.3) is 0 Å². The van der Waals surface area contributed by atoms with Gasteiger partial charge in [-0.25, -0.2) is 0 Å². The first-order valence-corrected chi connectivity index (χ1v) is 17.2. The third kappa shape index (κ3) is 5.90. The van der Waals surface area contributed by atoms with Crippen molar-refractivity contribution in [3.63, 3.8) is 0 Å². The molecule has 0 spiro atoms. The largest absolute Gasteiger partial charge is 0.396 e. The van der Waals surface area contributed by atoms with Gasteiger partial charge in [0.1, 0.15) is 24.4 Å².